The molecule has 0 aliphatic heterocycles. The number of rotatable bonds is 1. The van der Waals surface area contributed by atoms with Gasteiger partial charge >= 0.3 is 0 Å². The molecule has 1 radical (unpaired) electrons. The predicted octanol–water partition coefficient (Wildman–Crippen LogP) is 3.51. The Morgan fingerprint density at radius 2 is 1.82 bits per heavy atom. The van der Waals surface area contributed by atoms with Gasteiger partial charge in [0.2, 0.25) is 0 Å². The zero-order valence-corrected chi connectivity index (χ0v) is 9.07. The number of nitrogens with zero attached hydrogens (tertiary/aromatic N) is 1. The average molecular weight is 217 g/mol. The van der Waals surface area contributed by atoms with Crippen LogP contribution in [0, 0.1) is 17.4 Å². The summed E-state index contributed by atoms with van der Waals surface area (Å²) in [6, 6.07) is 20.7. The van der Waals surface area contributed by atoms with Crippen molar-refractivity contribution in [2.75, 3.05) is 0 Å². The fourth-order valence-electron chi connectivity index (χ4n) is 2.03. The number of nitriles is 1. The van der Waals surface area contributed by atoms with Crippen LogP contribution in [0.4, 0.5) is 0 Å². The number of H-pyrrole nitrogens is 1. The van der Waals surface area contributed by atoms with Gasteiger partial charge in [-0.15, -0.1) is 0 Å². The highest BCUT2D eigenvalue weighted by Gasteiger charge is 2.11. The Morgan fingerprint density at radius 3 is 2.59 bits per heavy atom. The molecule has 0 bridgehead atoms. The third-order valence-electron chi connectivity index (χ3n) is 2.82. The minimum Gasteiger partial charge on any atom is -0.353 e. The monoisotopic (exact) mass is 217 g/mol. The van der Waals surface area contributed by atoms with Gasteiger partial charge in [0, 0.05) is 10.9 Å². The number of fused-ring (bicyclic) bond motifs is 1. The highest BCUT2D eigenvalue weighted by Crippen LogP contribution is 2.29. The first-order valence-electron chi connectivity index (χ1n) is 5.37. The molecular formula is C15H9N2. The van der Waals surface area contributed by atoms with Crippen LogP contribution in [0.3, 0.4) is 0 Å². The zero-order valence-electron chi connectivity index (χ0n) is 9.07. The zero-order chi connectivity index (χ0) is 11.7. The molecule has 1 heterocycles. The van der Waals surface area contributed by atoms with Gasteiger partial charge in [0.1, 0.15) is 6.07 Å². The molecule has 0 aliphatic rings. The van der Waals surface area contributed by atoms with Gasteiger partial charge in [0.05, 0.1) is 11.3 Å². The van der Waals surface area contributed by atoms with Crippen molar-refractivity contribution < 1.29 is 0 Å². The van der Waals surface area contributed by atoms with Gasteiger partial charge in [-0.25, -0.2) is 0 Å². The summed E-state index contributed by atoms with van der Waals surface area (Å²) >= 11 is 0. The third kappa shape index (κ3) is 1.49. The van der Waals surface area contributed by atoms with E-state index in [2.05, 4.69) is 17.1 Å². The van der Waals surface area contributed by atoms with E-state index in [1.165, 1.54) is 0 Å². The number of hydrogen-bond donors (Lipinski definition) is 1. The standard InChI is InChI=1S/C15H9N2/c16-10-13-12-8-4-5-9-14(12)17-15(13)11-6-2-1-3-7-11/h2-9,17H. The van der Waals surface area contributed by atoms with Crippen molar-refractivity contribution in [1.82, 2.24) is 4.98 Å². The Hall–Kier alpha value is -2.53. The number of benzene rings is 2. The summed E-state index contributed by atoms with van der Waals surface area (Å²) in [6.07, 6.45) is 0. The molecule has 0 spiro atoms. The summed E-state index contributed by atoms with van der Waals surface area (Å²) in [7, 11) is 0. The minimum absolute atomic E-state index is 0.701. The molecule has 2 aromatic carbocycles. The van der Waals surface area contributed by atoms with E-state index in [0.717, 1.165) is 22.2 Å². The molecule has 17 heavy (non-hydrogen) atoms. The van der Waals surface area contributed by atoms with Crippen molar-refractivity contribution in [3.8, 4) is 17.3 Å². The molecule has 0 aliphatic carbocycles. The molecule has 1 aromatic heterocycles. The van der Waals surface area contributed by atoms with Gasteiger partial charge in [-0.3, -0.25) is 0 Å². The van der Waals surface area contributed by atoms with Crippen LogP contribution in [0.15, 0.2) is 48.5 Å². The van der Waals surface area contributed by atoms with Crippen molar-refractivity contribution in [1.29, 1.82) is 5.26 Å². The molecule has 0 atom stereocenters. The van der Waals surface area contributed by atoms with Crippen LogP contribution in [0.5, 0.6) is 0 Å². The van der Waals surface area contributed by atoms with Crippen LogP contribution in [0.1, 0.15) is 5.56 Å². The van der Waals surface area contributed by atoms with Gasteiger partial charge in [-0.05, 0) is 17.7 Å². The largest absolute Gasteiger partial charge is 0.353 e. The number of para-hydroxylation sites is 1. The molecule has 2 nitrogen and oxygen atoms in total. The van der Waals surface area contributed by atoms with Crippen LogP contribution >= 0.6 is 0 Å². The Labute approximate surface area is 99.1 Å². The van der Waals surface area contributed by atoms with Crippen molar-refractivity contribution in [2.45, 2.75) is 0 Å². The number of aromatic nitrogens is 1. The maximum Gasteiger partial charge on any atom is 0.102 e. The normalized spacial score (nSPS) is 10.3. The molecule has 1 N–H and O–H groups in total. The second-order valence-electron chi connectivity index (χ2n) is 3.82. The lowest BCUT2D eigenvalue weighted by atomic mass is 10.1. The molecule has 0 saturated heterocycles. The second kappa shape index (κ2) is 3.80. The van der Waals surface area contributed by atoms with E-state index in [9.17, 15) is 5.26 Å². The average Bonchev–Trinajstić information content (AvgIpc) is 2.78. The predicted molar refractivity (Wildman–Crippen MR) is 67.3 cm³/mol. The first-order chi connectivity index (χ1) is 8.40. The maximum absolute atomic E-state index is 9.29. The van der Waals surface area contributed by atoms with Crippen LogP contribution in [-0.4, -0.2) is 4.98 Å². The second-order valence-corrected chi connectivity index (χ2v) is 3.82. The molecule has 79 valence electrons. The molecule has 0 unspecified atom stereocenters. The fraction of sp³-hybridized carbons (Fsp3) is 0. The summed E-state index contributed by atoms with van der Waals surface area (Å²) in [6.45, 7) is 0. The van der Waals surface area contributed by atoms with Crippen LogP contribution < -0.4 is 0 Å². The van der Waals surface area contributed by atoms with E-state index >= 15 is 0 Å². The Balaban J connectivity index is 2.35. The van der Waals surface area contributed by atoms with E-state index in [1.54, 1.807) is 0 Å². The van der Waals surface area contributed by atoms with Gasteiger partial charge in [-0.1, -0.05) is 42.5 Å². The summed E-state index contributed by atoms with van der Waals surface area (Å²) in [5.41, 5.74) is 3.58. The van der Waals surface area contributed by atoms with Crippen LogP contribution in [0.25, 0.3) is 22.2 Å². The van der Waals surface area contributed by atoms with E-state index in [4.69, 9.17) is 0 Å². The molecule has 3 rings (SSSR count). The molecule has 0 amide bonds. The van der Waals surface area contributed by atoms with E-state index in [0.29, 0.717) is 5.56 Å². The Bertz CT molecular complexity index is 703. The molecular weight excluding hydrogens is 208 g/mol. The number of nitrogens with one attached hydrogen (secondary N) is 1. The first-order valence-corrected chi connectivity index (χ1v) is 5.37. The number of hydrogen-bond acceptors (Lipinski definition) is 1. The van der Waals surface area contributed by atoms with Crippen molar-refractivity contribution >= 4 is 10.9 Å². The smallest absolute Gasteiger partial charge is 0.102 e. The fourth-order valence-corrected chi connectivity index (χ4v) is 2.03. The number of aromatic amines is 1. The lowest BCUT2D eigenvalue weighted by Crippen LogP contribution is -1.80. The van der Waals surface area contributed by atoms with E-state index < -0.39 is 0 Å². The molecule has 0 fully saturated rings. The van der Waals surface area contributed by atoms with Gasteiger partial charge < -0.3 is 4.98 Å². The molecule has 0 saturated carbocycles. The van der Waals surface area contributed by atoms with E-state index in [1.807, 2.05) is 48.5 Å². The third-order valence-corrected chi connectivity index (χ3v) is 2.82. The molecule has 3 aromatic rings. The van der Waals surface area contributed by atoms with Crippen LogP contribution in [-0.2, 0) is 0 Å². The topological polar surface area (TPSA) is 39.6 Å². The van der Waals surface area contributed by atoms with Gasteiger partial charge in [0.15, 0.2) is 0 Å². The maximum atomic E-state index is 9.29. The van der Waals surface area contributed by atoms with Crippen molar-refractivity contribution in [2.24, 2.45) is 0 Å². The summed E-state index contributed by atoms with van der Waals surface area (Å²) < 4.78 is 0. The van der Waals surface area contributed by atoms with Crippen molar-refractivity contribution in [3.05, 3.63) is 60.2 Å². The van der Waals surface area contributed by atoms with Gasteiger partial charge in [0.25, 0.3) is 0 Å². The SMILES string of the molecule is N#Cc1c(-c2cc[c]cc2)[nH]c2ccccc12. The first kappa shape index (κ1) is 9.68. The minimum atomic E-state index is 0.701. The quantitative estimate of drug-likeness (QED) is 0.665. The highest BCUT2D eigenvalue weighted by atomic mass is 14.7. The van der Waals surface area contributed by atoms with Crippen molar-refractivity contribution in [3.63, 3.8) is 0 Å². The summed E-state index contributed by atoms with van der Waals surface area (Å²) in [5, 5.41) is 10.3. The van der Waals surface area contributed by atoms with E-state index in [-0.39, 0.29) is 0 Å². The molecule has 2 heteroatoms. The lowest BCUT2D eigenvalue weighted by molar-refractivity contribution is 1.43. The lowest BCUT2D eigenvalue weighted by Gasteiger charge is -1.97. The van der Waals surface area contributed by atoms with Crippen LogP contribution in [0.2, 0.25) is 0 Å². The Morgan fingerprint density at radius 1 is 1.06 bits per heavy atom. The summed E-state index contributed by atoms with van der Waals surface area (Å²) in [4.78, 5) is 3.30. The van der Waals surface area contributed by atoms with Gasteiger partial charge in [-0.2, -0.15) is 5.26 Å². The highest BCUT2D eigenvalue weighted by molar-refractivity contribution is 5.93. The Kier molecular flexibility index (Phi) is 2.16. The summed E-state index contributed by atoms with van der Waals surface area (Å²) in [5.74, 6) is 0.